The Hall–Kier alpha value is -1.31. The topological polar surface area (TPSA) is 87.3 Å². The summed E-state index contributed by atoms with van der Waals surface area (Å²) in [4.78, 5) is 12.0. The molecule has 1 heterocycles. The lowest BCUT2D eigenvalue weighted by Gasteiger charge is -2.27. The number of nitrogens with one attached hydrogen (secondary N) is 3. The van der Waals surface area contributed by atoms with Crippen LogP contribution in [0.2, 0.25) is 5.02 Å². The maximum atomic E-state index is 12.2. The molecule has 8 heteroatoms. The molecule has 3 N–H and O–H groups in total. The zero-order valence-electron chi connectivity index (χ0n) is 12.0. The Morgan fingerprint density at radius 2 is 2.00 bits per heavy atom. The predicted octanol–water partition coefficient (Wildman–Crippen LogP) is 1.92. The van der Waals surface area contributed by atoms with Crippen molar-refractivity contribution in [1.29, 1.82) is 0 Å². The van der Waals surface area contributed by atoms with Gasteiger partial charge in [-0.2, -0.15) is 0 Å². The molecule has 0 bridgehead atoms. The second-order valence-electron chi connectivity index (χ2n) is 5.18. The molecule has 1 amide bonds. The highest BCUT2D eigenvalue weighted by Gasteiger charge is 2.27. The molecule has 1 atom stereocenters. The Kier molecular flexibility index (Phi) is 4.46. The standard InChI is InChI=1S/C13H18ClN3O3S/c1-4-12-15-10-6-9(14)11(5-8(10)13(18)16-12)21(19,20)17-7(2)3/h5-7,12,15,17H,4H2,1-3H3,(H,16,18). The molecule has 0 aliphatic carbocycles. The molecule has 6 nitrogen and oxygen atoms in total. The summed E-state index contributed by atoms with van der Waals surface area (Å²) in [5, 5.41) is 5.94. The van der Waals surface area contributed by atoms with Gasteiger partial charge in [0.05, 0.1) is 22.4 Å². The molecule has 1 aliphatic rings. The molecular formula is C13H18ClN3O3S. The number of benzene rings is 1. The molecule has 0 fully saturated rings. The number of amides is 1. The van der Waals surface area contributed by atoms with Crippen molar-refractivity contribution in [2.75, 3.05) is 5.32 Å². The number of rotatable bonds is 4. The lowest BCUT2D eigenvalue weighted by atomic mass is 10.1. The van der Waals surface area contributed by atoms with Crippen molar-refractivity contribution >= 4 is 33.2 Å². The van der Waals surface area contributed by atoms with Crippen molar-refractivity contribution in [3.05, 3.63) is 22.7 Å². The first-order valence-electron chi connectivity index (χ1n) is 6.68. The van der Waals surface area contributed by atoms with Gasteiger partial charge in [0.2, 0.25) is 10.0 Å². The van der Waals surface area contributed by atoms with E-state index in [1.807, 2.05) is 6.92 Å². The van der Waals surface area contributed by atoms with E-state index in [2.05, 4.69) is 15.4 Å². The molecule has 1 aromatic rings. The predicted molar refractivity (Wildman–Crippen MR) is 82.1 cm³/mol. The highest BCUT2D eigenvalue weighted by Crippen LogP contribution is 2.31. The average molecular weight is 332 g/mol. The summed E-state index contributed by atoms with van der Waals surface area (Å²) in [6.07, 6.45) is 0.523. The van der Waals surface area contributed by atoms with Crippen LogP contribution in [0.15, 0.2) is 17.0 Å². The van der Waals surface area contributed by atoms with Crippen molar-refractivity contribution < 1.29 is 13.2 Å². The van der Waals surface area contributed by atoms with E-state index in [1.165, 1.54) is 12.1 Å². The van der Waals surface area contributed by atoms with Crippen LogP contribution < -0.4 is 15.4 Å². The molecule has 116 valence electrons. The summed E-state index contributed by atoms with van der Waals surface area (Å²) >= 11 is 6.08. The van der Waals surface area contributed by atoms with Crippen LogP contribution in [0.4, 0.5) is 5.69 Å². The van der Waals surface area contributed by atoms with Gasteiger partial charge in [0.1, 0.15) is 4.90 Å². The third kappa shape index (κ3) is 3.30. The van der Waals surface area contributed by atoms with Crippen molar-refractivity contribution in [1.82, 2.24) is 10.0 Å². The summed E-state index contributed by atoms with van der Waals surface area (Å²) in [6.45, 7) is 5.35. The van der Waals surface area contributed by atoms with Crippen LogP contribution in [-0.4, -0.2) is 26.5 Å². The van der Waals surface area contributed by atoms with Crippen LogP contribution in [0.1, 0.15) is 37.6 Å². The van der Waals surface area contributed by atoms with E-state index >= 15 is 0 Å². The second kappa shape index (κ2) is 5.82. The maximum Gasteiger partial charge on any atom is 0.255 e. The fourth-order valence-electron chi connectivity index (χ4n) is 2.10. The van der Waals surface area contributed by atoms with Gasteiger partial charge in [-0.25, -0.2) is 13.1 Å². The van der Waals surface area contributed by atoms with E-state index in [1.54, 1.807) is 13.8 Å². The number of hydrogen-bond donors (Lipinski definition) is 3. The van der Waals surface area contributed by atoms with Gasteiger partial charge >= 0.3 is 0 Å². The minimum Gasteiger partial charge on any atom is -0.365 e. The Morgan fingerprint density at radius 3 is 2.57 bits per heavy atom. The molecule has 0 saturated heterocycles. The van der Waals surface area contributed by atoms with Crippen molar-refractivity contribution in [2.45, 2.75) is 44.3 Å². The van der Waals surface area contributed by atoms with E-state index in [0.717, 1.165) is 0 Å². The van der Waals surface area contributed by atoms with Gasteiger partial charge in [0.25, 0.3) is 5.91 Å². The van der Waals surface area contributed by atoms with Crippen LogP contribution in [0.25, 0.3) is 0 Å². The molecule has 1 aliphatic heterocycles. The molecule has 1 unspecified atom stereocenters. The van der Waals surface area contributed by atoms with Gasteiger partial charge in [0.15, 0.2) is 0 Å². The van der Waals surface area contributed by atoms with Gasteiger partial charge in [-0.05, 0) is 32.4 Å². The monoisotopic (exact) mass is 331 g/mol. The highest BCUT2D eigenvalue weighted by atomic mass is 35.5. The van der Waals surface area contributed by atoms with Crippen LogP contribution in [0.3, 0.4) is 0 Å². The number of halogens is 1. The number of anilines is 1. The van der Waals surface area contributed by atoms with E-state index in [9.17, 15) is 13.2 Å². The van der Waals surface area contributed by atoms with E-state index in [0.29, 0.717) is 12.1 Å². The van der Waals surface area contributed by atoms with Gasteiger partial charge < -0.3 is 10.6 Å². The Bertz CT molecular complexity index is 673. The van der Waals surface area contributed by atoms with Crippen molar-refractivity contribution in [3.8, 4) is 0 Å². The van der Waals surface area contributed by atoms with Gasteiger partial charge in [0, 0.05) is 6.04 Å². The molecule has 0 saturated carbocycles. The molecular weight excluding hydrogens is 314 g/mol. The lowest BCUT2D eigenvalue weighted by Crippen LogP contribution is -2.44. The highest BCUT2D eigenvalue weighted by molar-refractivity contribution is 7.89. The van der Waals surface area contributed by atoms with Crippen molar-refractivity contribution in [3.63, 3.8) is 0 Å². The van der Waals surface area contributed by atoms with E-state index < -0.39 is 10.0 Å². The lowest BCUT2D eigenvalue weighted by molar-refractivity contribution is 0.0935. The smallest absolute Gasteiger partial charge is 0.255 e. The number of carbonyl (C=O) groups excluding carboxylic acids is 1. The van der Waals surface area contributed by atoms with Gasteiger partial charge in [-0.1, -0.05) is 18.5 Å². The Balaban J connectivity index is 2.49. The summed E-state index contributed by atoms with van der Waals surface area (Å²) in [7, 11) is -3.76. The SMILES string of the molecule is CCC1NC(=O)c2cc(S(=O)(=O)NC(C)C)c(Cl)cc2N1. The first-order valence-corrected chi connectivity index (χ1v) is 8.54. The third-order valence-corrected chi connectivity index (χ3v) is 5.16. The summed E-state index contributed by atoms with van der Waals surface area (Å²) in [5.74, 6) is -0.312. The van der Waals surface area contributed by atoms with Gasteiger partial charge in [-0.15, -0.1) is 0 Å². The number of carbonyl (C=O) groups is 1. The average Bonchev–Trinajstić information content (AvgIpc) is 2.35. The molecule has 1 aromatic carbocycles. The fraction of sp³-hybridized carbons (Fsp3) is 0.462. The molecule has 2 rings (SSSR count). The van der Waals surface area contributed by atoms with E-state index in [4.69, 9.17) is 11.6 Å². The van der Waals surface area contributed by atoms with Crippen LogP contribution in [-0.2, 0) is 10.0 Å². The Labute approximate surface area is 129 Å². The summed E-state index contributed by atoms with van der Waals surface area (Å²) < 4.78 is 26.9. The minimum atomic E-state index is -3.76. The Morgan fingerprint density at radius 1 is 1.33 bits per heavy atom. The molecule has 0 aromatic heterocycles. The maximum absolute atomic E-state index is 12.2. The van der Waals surface area contributed by atoms with Crippen LogP contribution in [0.5, 0.6) is 0 Å². The minimum absolute atomic E-state index is 0.0824. The number of sulfonamides is 1. The largest absolute Gasteiger partial charge is 0.365 e. The number of fused-ring (bicyclic) bond motifs is 1. The quantitative estimate of drug-likeness (QED) is 0.786. The zero-order chi connectivity index (χ0) is 15.8. The van der Waals surface area contributed by atoms with Gasteiger partial charge in [-0.3, -0.25) is 4.79 Å². The molecule has 0 spiro atoms. The van der Waals surface area contributed by atoms with Crippen LogP contribution >= 0.6 is 11.6 Å². The first-order chi connectivity index (χ1) is 9.74. The van der Waals surface area contributed by atoms with Crippen LogP contribution in [0, 0.1) is 0 Å². The first kappa shape index (κ1) is 16.1. The molecule has 0 radical (unpaired) electrons. The summed E-state index contributed by atoms with van der Waals surface area (Å²) in [6, 6.07) is 2.52. The molecule has 21 heavy (non-hydrogen) atoms. The third-order valence-electron chi connectivity index (χ3n) is 3.04. The van der Waals surface area contributed by atoms with Crippen molar-refractivity contribution in [2.24, 2.45) is 0 Å². The summed E-state index contributed by atoms with van der Waals surface area (Å²) in [5.41, 5.74) is 0.812. The normalized spacial score (nSPS) is 18.1. The zero-order valence-corrected chi connectivity index (χ0v) is 13.6. The van der Waals surface area contributed by atoms with E-state index in [-0.39, 0.29) is 33.6 Å². The second-order valence-corrected chi connectivity index (χ2v) is 7.27. The number of hydrogen-bond acceptors (Lipinski definition) is 4. The fourth-order valence-corrected chi connectivity index (χ4v) is 3.91.